The molecule has 0 saturated carbocycles. The Morgan fingerprint density at radius 1 is 1.10 bits per heavy atom. The van der Waals surface area contributed by atoms with E-state index in [0.29, 0.717) is 0 Å². The zero-order valence-electron chi connectivity index (χ0n) is 6.38. The molecule has 1 aromatic rings. The maximum Gasteiger partial charge on any atom is 0 e. The molecule has 10 heavy (non-hydrogen) atoms. The van der Waals surface area contributed by atoms with Crippen LogP contribution in [0.2, 0.25) is 0 Å². The van der Waals surface area contributed by atoms with Crippen molar-refractivity contribution in [1.29, 1.82) is 0 Å². The molecule has 0 bridgehead atoms. The Morgan fingerprint density at radius 2 is 1.70 bits per heavy atom. The van der Waals surface area contributed by atoms with E-state index in [9.17, 15) is 0 Å². The summed E-state index contributed by atoms with van der Waals surface area (Å²) in [6.07, 6.45) is 2.45. The number of aryl methyl sites for hydroxylation is 1. The van der Waals surface area contributed by atoms with Crippen molar-refractivity contribution in [2.75, 3.05) is 0 Å². The topological polar surface area (TPSA) is 0 Å². The molecular weight excluding hydrogens is 119 g/mol. The maximum absolute atomic E-state index is 2.20. The van der Waals surface area contributed by atoms with E-state index < -0.39 is 0 Å². The summed E-state index contributed by atoms with van der Waals surface area (Å²) >= 11 is 0. The third-order valence-electron chi connectivity index (χ3n) is 1.38. The summed E-state index contributed by atoms with van der Waals surface area (Å²) in [7, 11) is 0. The second kappa shape index (κ2) is 5.10. The minimum Gasteiger partial charge on any atom is -0.0651 e. The van der Waals surface area contributed by atoms with Crippen LogP contribution in [-0.4, -0.2) is 8.41 Å². The van der Waals surface area contributed by atoms with Gasteiger partial charge in [0.2, 0.25) is 0 Å². The summed E-state index contributed by atoms with van der Waals surface area (Å²) in [5, 5.41) is 0. The molecule has 0 aliphatic heterocycles. The summed E-state index contributed by atoms with van der Waals surface area (Å²) in [6, 6.07) is 10.6. The van der Waals surface area contributed by atoms with E-state index in [1.807, 2.05) is 0 Å². The van der Waals surface area contributed by atoms with Crippen LogP contribution in [0.3, 0.4) is 0 Å². The summed E-state index contributed by atoms with van der Waals surface area (Å²) in [6.45, 7) is 2.20. The fourth-order valence-corrected chi connectivity index (χ4v) is 0.933. The molecule has 1 rings (SSSR count). The van der Waals surface area contributed by atoms with Crippen molar-refractivity contribution in [2.45, 2.75) is 19.8 Å². The molecule has 0 N–H and O–H groups in total. The van der Waals surface area contributed by atoms with Gasteiger partial charge in [-0.15, -0.1) is 0 Å². The fraction of sp³-hybridized carbons (Fsp3) is 0.333. The molecule has 1 heteroatoms. The van der Waals surface area contributed by atoms with Gasteiger partial charge in [-0.25, -0.2) is 0 Å². The second-order valence-corrected chi connectivity index (χ2v) is 2.24. The van der Waals surface area contributed by atoms with Gasteiger partial charge in [-0.05, 0) is 12.0 Å². The molecule has 0 atom stereocenters. The van der Waals surface area contributed by atoms with Crippen molar-refractivity contribution in [3.05, 3.63) is 35.9 Å². The van der Waals surface area contributed by atoms with E-state index in [-0.39, 0.29) is 8.41 Å². The largest absolute Gasteiger partial charge is 0.0651 e. The molecular formula is C9H12B. The average Bonchev–Trinajstić information content (AvgIpc) is 1.91. The Labute approximate surface area is 64.8 Å². The lowest BCUT2D eigenvalue weighted by molar-refractivity contribution is 0.922. The molecule has 1 aromatic carbocycles. The lowest BCUT2D eigenvalue weighted by atomic mass is 10.1. The summed E-state index contributed by atoms with van der Waals surface area (Å²) in [4.78, 5) is 0. The van der Waals surface area contributed by atoms with Gasteiger partial charge >= 0.3 is 0 Å². The van der Waals surface area contributed by atoms with Crippen LogP contribution in [0.15, 0.2) is 30.3 Å². The van der Waals surface area contributed by atoms with Gasteiger partial charge in [0.15, 0.2) is 0 Å². The first kappa shape index (κ1) is 9.28. The van der Waals surface area contributed by atoms with Crippen molar-refractivity contribution in [1.82, 2.24) is 0 Å². The van der Waals surface area contributed by atoms with Gasteiger partial charge < -0.3 is 0 Å². The Balaban J connectivity index is 0.000000810. The lowest BCUT2D eigenvalue weighted by Gasteiger charge is -1.93. The second-order valence-electron chi connectivity index (χ2n) is 2.24. The Hall–Kier alpha value is -0.715. The molecule has 3 radical (unpaired) electrons. The van der Waals surface area contributed by atoms with Gasteiger partial charge in [0.25, 0.3) is 0 Å². The predicted molar refractivity (Wildman–Crippen MR) is 46.2 cm³/mol. The molecule has 0 nitrogen and oxygen atoms in total. The number of rotatable bonds is 2. The SMILES string of the molecule is CCCc1ccccc1.[B]. The monoisotopic (exact) mass is 131 g/mol. The van der Waals surface area contributed by atoms with Gasteiger partial charge in [0.1, 0.15) is 0 Å². The third kappa shape index (κ3) is 2.72. The van der Waals surface area contributed by atoms with Crippen LogP contribution < -0.4 is 0 Å². The average molecular weight is 131 g/mol. The first-order chi connectivity index (χ1) is 4.43. The van der Waals surface area contributed by atoms with Crippen molar-refractivity contribution < 1.29 is 0 Å². The highest BCUT2D eigenvalue weighted by molar-refractivity contribution is 5.75. The smallest absolute Gasteiger partial charge is 0 e. The van der Waals surface area contributed by atoms with E-state index in [2.05, 4.69) is 37.3 Å². The molecule has 0 aliphatic carbocycles. The molecule has 0 amide bonds. The first-order valence-corrected chi connectivity index (χ1v) is 3.47. The Morgan fingerprint density at radius 3 is 2.20 bits per heavy atom. The van der Waals surface area contributed by atoms with Crippen LogP contribution in [0.1, 0.15) is 18.9 Å². The summed E-state index contributed by atoms with van der Waals surface area (Å²) < 4.78 is 0. The van der Waals surface area contributed by atoms with E-state index in [4.69, 9.17) is 0 Å². The minimum absolute atomic E-state index is 0. The number of hydrogen-bond donors (Lipinski definition) is 0. The van der Waals surface area contributed by atoms with Crippen molar-refractivity contribution in [2.24, 2.45) is 0 Å². The summed E-state index contributed by atoms with van der Waals surface area (Å²) in [5.41, 5.74) is 1.44. The third-order valence-corrected chi connectivity index (χ3v) is 1.38. The normalized spacial score (nSPS) is 8.50. The predicted octanol–water partition coefficient (Wildman–Crippen LogP) is 2.26. The number of benzene rings is 1. The van der Waals surface area contributed by atoms with Crippen molar-refractivity contribution in [3.63, 3.8) is 0 Å². The van der Waals surface area contributed by atoms with Gasteiger partial charge in [-0.2, -0.15) is 0 Å². The standard InChI is InChI=1S/C9H12.B/c1-2-6-9-7-4-3-5-8-9;/h3-5,7-8H,2,6H2,1H3;. The van der Waals surface area contributed by atoms with E-state index in [1.165, 1.54) is 18.4 Å². The Kier molecular flexibility index (Phi) is 4.74. The van der Waals surface area contributed by atoms with Gasteiger partial charge in [-0.3, -0.25) is 0 Å². The maximum atomic E-state index is 2.20. The van der Waals surface area contributed by atoms with E-state index in [0.717, 1.165) is 0 Å². The zero-order chi connectivity index (χ0) is 6.53. The highest BCUT2D eigenvalue weighted by Crippen LogP contribution is 2.00. The lowest BCUT2D eigenvalue weighted by Crippen LogP contribution is -1.78. The molecule has 0 heterocycles. The highest BCUT2D eigenvalue weighted by Gasteiger charge is 1.84. The van der Waals surface area contributed by atoms with Crippen LogP contribution in [-0.2, 0) is 6.42 Å². The van der Waals surface area contributed by atoms with Crippen LogP contribution in [0.5, 0.6) is 0 Å². The molecule has 51 valence electrons. The van der Waals surface area contributed by atoms with Gasteiger partial charge in [-0.1, -0.05) is 43.7 Å². The first-order valence-electron chi connectivity index (χ1n) is 3.47. The number of hydrogen-bond acceptors (Lipinski definition) is 0. The van der Waals surface area contributed by atoms with Crippen LogP contribution in [0, 0.1) is 0 Å². The quantitative estimate of drug-likeness (QED) is 0.540. The Bertz CT molecular complexity index is 158. The summed E-state index contributed by atoms with van der Waals surface area (Å²) in [5.74, 6) is 0. The van der Waals surface area contributed by atoms with Gasteiger partial charge in [0.05, 0.1) is 0 Å². The highest BCUT2D eigenvalue weighted by atomic mass is 13.9. The molecule has 0 fully saturated rings. The molecule has 0 unspecified atom stereocenters. The van der Waals surface area contributed by atoms with E-state index in [1.54, 1.807) is 0 Å². The van der Waals surface area contributed by atoms with Crippen LogP contribution in [0.25, 0.3) is 0 Å². The fourth-order valence-electron chi connectivity index (χ4n) is 0.933. The van der Waals surface area contributed by atoms with Crippen LogP contribution in [0.4, 0.5) is 0 Å². The molecule has 0 spiro atoms. The van der Waals surface area contributed by atoms with Crippen molar-refractivity contribution >= 4 is 8.41 Å². The van der Waals surface area contributed by atoms with Crippen LogP contribution >= 0.6 is 0 Å². The molecule has 0 aromatic heterocycles. The minimum atomic E-state index is 0. The van der Waals surface area contributed by atoms with Crippen molar-refractivity contribution in [3.8, 4) is 0 Å². The van der Waals surface area contributed by atoms with Gasteiger partial charge in [0, 0.05) is 8.41 Å². The molecule has 0 aliphatic rings. The molecule has 0 saturated heterocycles. The zero-order valence-corrected chi connectivity index (χ0v) is 6.38. The van der Waals surface area contributed by atoms with E-state index >= 15 is 0 Å².